The Labute approximate surface area is 77.6 Å². The van der Waals surface area contributed by atoms with Crippen LogP contribution in [0.3, 0.4) is 0 Å². The Balaban J connectivity index is 3.08. The van der Waals surface area contributed by atoms with E-state index in [9.17, 15) is 0 Å². The van der Waals surface area contributed by atoms with Crippen LogP contribution < -0.4 is 16.6 Å². The SMILES string of the molecule is Cc1ccc(N(N)C(=N)N)c(C)c1. The molecule has 0 unspecified atom stereocenters. The quantitative estimate of drug-likeness (QED) is 0.258. The highest BCUT2D eigenvalue weighted by Crippen LogP contribution is 2.18. The van der Waals surface area contributed by atoms with Gasteiger partial charge < -0.3 is 5.73 Å². The highest BCUT2D eigenvalue weighted by Gasteiger charge is 2.06. The number of nitrogens with two attached hydrogens (primary N) is 2. The average Bonchev–Trinajstić information content (AvgIpc) is 2.03. The van der Waals surface area contributed by atoms with Gasteiger partial charge in [0.05, 0.1) is 5.69 Å². The number of hydrogen-bond donors (Lipinski definition) is 3. The van der Waals surface area contributed by atoms with Crippen molar-refractivity contribution in [2.45, 2.75) is 13.8 Å². The smallest absolute Gasteiger partial charge is 0.207 e. The molecule has 5 N–H and O–H groups in total. The Morgan fingerprint density at radius 1 is 1.38 bits per heavy atom. The molecule has 4 heteroatoms. The standard InChI is InChI=1S/C9H14N4/c1-6-3-4-8(7(2)5-6)13(12)9(10)11/h3-5H,12H2,1-2H3,(H3,10,11). The first kappa shape index (κ1) is 9.54. The molecule has 0 spiro atoms. The fraction of sp³-hybridized carbons (Fsp3) is 0.222. The third-order valence-electron chi connectivity index (χ3n) is 1.87. The van der Waals surface area contributed by atoms with Gasteiger partial charge in [-0.15, -0.1) is 0 Å². The molecule has 0 saturated heterocycles. The first-order chi connectivity index (χ1) is 6.02. The Hall–Kier alpha value is -1.55. The lowest BCUT2D eigenvalue weighted by molar-refractivity contribution is 1.08. The van der Waals surface area contributed by atoms with Gasteiger partial charge in [-0.3, -0.25) is 5.41 Å². The molecule has 0 aromatic heterocycles. The van der Waals surface area contributed by atoms with E-state index in [1.807, 2.05) is 32.0 Å². The molecular weight excluding hydrogens is 164 g/mol. The van der Waals surface area contributed by atoms with Crippen molar-refractivity contribution in [3.8, 4) is 0 Å². The highest BCUT2D eigenvalue weighted by molar-refractivity contribution is 5.91. The summed E-state index contributed by atoms with van der Waals surface area (Å²) in [5, 5.41) is 8.33. The molecule has 0 heterocycles. The van der Waals surface area contributed by atoms with Gasteiger partial charge in [0.25, 0.3) is 0 Å². The van der Waals surface area contributed by atoms with Crippen LogP contribution in [0, 0.1) is 19.3 Å². The van der Waals surface area contributed by atoms with E-state index in [1.54, 1.807) is 0 Å². The molecule has 0 bridgehead atoms. The van der Waals surface area contributed by atoms with Crippen molar-refractivity contribution in [1.82, 2.24) is 0 Å². The van der Waals surface area contributed by atoms with E-state index in [-0.39, 0.29) is 5.96 Å². The van der Waals surface area contributed by atoms with Crippen molar-refractivity contribution < 1.29 is 0 Å². The normalized spacial score (nSPS) is 9.77. The molecule has 1 aromatic carbocycles. The molecule has 0 aliphatic carbocycles. The van der Waals surface area contributed by atoms with Crippen LogP contribution in [-0.2, 0) is 0 Å². The summed E-state index contributed by atoms with van der Waals surface area (Å²) in [6.45, 7) is 3.94. The fourth-order valence-electron chi connectivity index (χ4n) is 1.21. The number of hydrogen-bond acceptors (Lipinski definition) is 2. The molecule has 0 aliphatic heterocycles. The van der Waals surface area contributed by atoms with E-state index in [2.05, 4.69) is 0 Å². The van der Waals surface area contributed by atoms with E-state index in [4.69, 9.17) is 17.0 Å². The van der Waals surface area contributed by atoms with Crippen LogP contribution in [0.15, 0.2) is 18.2 Å². The molecule has 0 atom stereocenters. The second kappa shape index (κ2) is 3.45. The number of guanidine groups is 1. The zero-order chi connectivity index (χ0) is 10.0. The second-order valence-electron chi connectivity index (χ2n) is 3.05. The minimum Gasteiger partial charge on any atom is -0.369 e. The van der Waals surface area contributed by atoms with Crippen molar-refractivity contribution in [3.05, 3.63) is 29.3 Å². The van der Waals surface area contributed by atoms with E-state index < -0.39 is 0 Å². The summed E-state index contributed by atoms with van der Waals surface area (Å²) >= 11 is 0. The van der Waals surface area contributed by atoms with Crippen LogP contribution in [0.25, 0.3) is 0 Å². The molecule has 0 aliphatic rings. The number of hydrazine groups is 1. The van der Waals surface area contributed by atoms with E-state index in [1.165, 1.54) is 5.56 Å². The van der Waals surface area contributed by atoms with Crippen molar-refractivity contribution in [1.29, 1.82) is 5.41 Å². The molecule has 0 amide bonds. The molecule has 0 fully saturated rings. The van der Waals surface area contributed by atoms with E-state index >= 15 is 0 Å². The van der Waals surface area contributed by atoms with Crippen LogP contribution >= 0.6 is 0 Å². The molecule has 70 valence electrons. The average molecular weight is 178 g/mol. The highest BCUT2D eigenvalue weighted by atomic mass is 15.5. The van der Waals surface area contributed by atoms with Gasteiger partial charge in [-0.05, 0) is 25.5 Å². The maximum Gasteiger partial charge on any atom is 0.207 e. The maximum absolute atomic E-state index is 7.17. The second-order valence-corrected chi connectivity index (χ2v) is 3.05. The number of rotatable bonds is 1. The Morgan fingerprint density at radius 3 is 2.46 bits per heavy atom. The molecule has 13 heavy (non-hydrogen) atoms. The summed E-state index contributed by atoms with van der Waals surface area (Å²) in [6.07, 6.45) is 0. The van der Waals surface area contributed by atoms with Gasteiger partial charge in [-0.1, -0.05) is 17.7 Å². The monoisotopic (exact) mass is 178 g/mol. The van der Waals surface area contributed by atoms with E-state index in [0.29, 0.717) is 0 Å². The number of anilines is 1. The molecule has 4 nitrogen and oxygen atoms in total. The third-order valence-corrected chi connectivity index (χ3v) is 1.87. The molecule has 0 radical (unpaired) electrons. The summed E-state index contributed by atoms with van der Waals surface area (Å²) in [6, 6.07) is 5.79. The number of nitrogens with zero attached hydrogens (tertiary/aromatic N) is 1. The lowest BCUT2D eigenvalue weighted by Gasteiger charge is -2.18. The van der Waals surface area contributed by atoms with Crippen LogP contribution in [0.4, 0.5) is 5.69 Å². The van der Waals surface area contributed by atoms with Gasteiger partial charge in [-0.25, -0.2) is 10.9 Å². The van der Waals surface area contributed by atoms with Crippen LogP contribution in [0.5, 0.6) is 0 Å². The summed E-state index contributed by atoms with van der Waals surface area (Å²) in [7, 11) is 0. The Morgan fingerprint density at radius 2 is 2.00 bits per heavy atom. The van der Waals surface area contributed by atoms with Crippen LogP contribution in [0.1, 0.15) is 11.1 Å². The Bertz CT molecular complexity index is 332. The number of benzene rings is 1. The number of aryl methyl sites for hydroxylation is 2. The minimum absolute atomic E-state index is 0.160. The predicted octanol–water partition coefficient (Wildman–Crippen LogP) is 0.877. The third kappa shape index (κ3) is 1.97. The fourth-order valence-corrected chi connectivity index (χ4v) is 1.21. The van der Waals surface area contributed by atoms with Gasteiger partial charge in [0.15, 0.2) is 0 Å². The van der Waals surface area contributed by atoms with Gasteiger partial charge in [0.1, 0.15) is 0 Å². The summed E-state index contributed by atoms with van der Waals surface area (Å²) < 4.78 is 0. The first-order valence-corrected chi connectivity index (χ1v) is 3.98. The summed E-state index contributed by atoms with van der Waals surface area (Å²) in [5.74, 6) is 5.41. The first-order valence-electron chi connectivity index (χ1n) is 3.98. The summed E-state index contributed by atoms with van der Waals surface area (Å²) in [4.78, 5) is 0. The van der Waals surface area contributed by atoms with Crippen molar-refractivity contribution in [2.75, 3.05) is 5.01 Å². The van der Waals surface area contributed by atoms with Gasteiger partial charge in [0, 0.05) is 0 Å². The van der Waals surface area contributed by atoms with E-state index in [0.717, 1.165) is 16.3 Å². The van der Waals surface area contributed by atoms with Gasteiger partial charge >= 0.3 is 0 Å². The topological polar surface area (TPSA) is 79.1 Å². The largest absolute Gasteiger partial charge is 0.369 e. The van der Waals surface area contributed by atoms with Crippen molar-refractivity contribution in [3.63, 3.8) is 0 Å². The molecule has 1 aromatic rings. The van der Waals surface area contributed by atoms with Crippen LogP contribution in [0.2, 0.25) is 0 Å². The summed E-state index contributed by atoms with van der Waals surface area (Å²) in [5.41, 5.74) is 8.20. The number of nitrogens with one attached hydrogen (secondary N) is 1. The lowest BCUT2D eigenvalue weighted by atomic mass is 10.1. The minimum atomic E-state index is -0.160. The lowest BCUT2D eigenvalue weighted by Crippen LogP contribution is -2.42. The van der Waals surface area contributed by atoms with Crippen molar-refractivity contribution >= 4 is 11.6 Å². The maximum atomic E-state index is 7.17. The zero-order valence-electron chi connectivity index (χ0n) is 7.83. The predicted molar refractivity (Wildman–Crippen MR) is 54.5 cm³/mol. The molecular formula is C9H14N4. The Kier molecular flexibility index (Phi) is 2.53. The van der Waals surface area contributed by atoms with Crippen molar-refractivity contribution in [2.24, 2.45) is 11.6 Å². The molecule has 1 rings (SSSR count). The van der Waals surface area contributed by atoms with Crippen LogP contribution in [-0.4, -0.2) is 5.96 Å². The van der Waals surface area contributed by atoms with Gasteiger partial charge in [-0.2, -0.15) is 0 Å². The zero-order valence-corrected chi connectivity index (χ0v) is 7.83. The van der Waals surface area contributed by atoms with Gasteiger partial charge in [0.2, 0.25) is 5.96 Å². The molecule has 0 saturated carbocycles.